The number of aliphatic hydroxyl groups is 2. The van der Waals surface area contributed by atoms with E-state index in [1.807, 2.05) is 22.6 Å². The number of aromatic carboxylic acids is 1. The monoisotopic (exact) mass is 704 g/mol. The predicted octanol–water partition coefficient (Wildman–Crippen LogP) is 0.867. The van der Waals surface area contributed by atoms with Crippen LogP contribution in [0.3, 0.4) is 0 Å². The maximum absolute atomic E-state index is 12.5. The Labute approximate surface area is 189 Å². The van der Waals surface area contributed by atoms with E-state index >= 15 is 0 Å². The fraction of sp³-hybridized carbons (Fsp3) is 0.357. The zero-order valence-electron chi connectivity index (χ0n) is 13.3. The van der Waals surface area contributed by atoms with Crippen molar-refractivity contribution in [1.82, 2.24) is 5.32 Å². The molecule has 1 atom stereocenters. The number of amides is 2. The first-order valence-corrected chi connectivity index (χ1v) is 10.2. The van der Waals surface area contributed by atoms with Gasteiger partial charge in [-0.1, -0.05) is 0 Å². The molecule has 0 saturated carbocycles. The van der Waals surface area contributed by atoms with Crippen LogP contribution in [-0.2, 0) is 9.53 Å². The van der Waals surface area contributed by atoms with Crippen molar-refractivity contribution in [2.75, 3.05) is 32.2 Å². The minimum atomic E-state index is -1.25. The number of carbonyl (C=O) groups is 3. The van der Waals surface area contributed by atoms with Gasteiger partial charge in [0.05, 0.1) is 36.7 Å². The molecule has 0 aromatic heterocycles. The van der Waals surface area contributed by atoms with Crippen molar-refractivity contribution in [3.8, 4) is 0 Å². The summed E-state index contributed by atoms with van der Waals surface area (Å²) in [6, 6.07) is 0. The summed E-state index contributed by atoms with van der Waals surface area (Å²) >= 11 is 5.40. The summed E-state index contributed by atoms with van der Waals surface area (Å²) in [4.78, 5) is 36.0. The number of carboxylic acids is 1. The topological polar surface area (TPSA) is 145 Å². The highest BCUT2D eigenvalue weighted by atomic mass is 127. The Morgan fingerprint density at radius 2 is 1.69 bits per heavy atom. The fourth-order valence-corrected chi connectivity index (χ4v) is 6.22. The smallest absolute Gasteiger partial charge is 0.337 e. The lowest BCUT2D eigenvalue weighted by Crippen LogP contribution is -2.35. The molecule has 26 heavy (non-hydrogen) atoms. The second kappa shape index (κ2) is 10.9. The molecule has 0 aliphatic rings. The number of halogens is 3. The van der Waals surface area contributed by atoms with Gasteiger partial charge in [-0.15, -0.1) is 0 Å². The van der Waals surface area contributed by atoms with Crippen LogP contribution < -0.4 is 10.6 Å². The molecular weight excluding hydrogens is 689 g/mol. The summed E-state index contributed by atoms with van der Waals surface area (Å²) in [7, 11) is 1.34. The van der Waals surface area contributed by atoms with Crippen molar-refractivity contribution in [1.29, 1.82) is 0 Å². The van der Waals surface area contributed by atoms with E-state index in [0.717, 1.165) is 0 Å². The van der Waals surface area contributed by atoms with Gasteiger partial charge < -0.3 is 30.7 Å². The van der Waals surface area contributed by atoms with Crippen LogP contribution >= 0.6 is 67.8 Å². The lowest BCUT2D eigenvalue weighted by atomic mass is 10.1. The average Bonchev–Trinajstić information content (AvgIpc) is 2.56. The first-order chi connectivity index (χ1) is 12.1. The fourth-order valence-electron chi connectivity index (χ4n) is 1.83. The van der Waals surface area contributed by atoms with E-state index in [-0.39, 0.29) is 37.1 Å². The summed E-state index contributed by atoms with van der Waals surface area (Å²) in [6.45, 7) is -0.966. The molecule has 1 rings (SSSR count). The van der Waals surface area contributed by atoms with Crippen LogP contribution in [0.4, 0.5) is 5.69 Å². The Bertz CT molecular complexity index is 727. The van der Waals surface area contributed by atoms with Crippen molar-refractivity contribution in [2.45, 2.75) is 6.10 Å². The van der Waals surface area contributed by atoms with Crippen LogP contribution in [0.15, 0.2) is 0 Å². The van der Waals surface area contributed by atoms with Gasteiger partial charge in [0.1, 0.15) is 6.61 Å². The molecular formula is C14H15I3N2O7. The molecule has 0 aliphatic heterocycles. The highest BCUT2D eigenvalue weighted by Gasteiger charge is 2.28. The van der Waals surface area contributed by atoms with E-state index in [1.54, 1.807) is 45.2 Å². The molecule has 0 fully saturated rings. The third-order valence-electron chi connectivity index (χ3n) is 3.01. The second-order valence-electron chi connectivity index (χ2n) is 4.90. The standard InChI is InChI=1S/C14H15I3N2O7/c1-26-4-6(22)19-12-10(16)7(13(23)18-2-5(21)3-20)9(15)8(11(12)17)14(24)25/h5,20-21H,2-4H2,1H3,(H,18,23)(H,19,22)(H,24,25). The number of anilines is 1. The van der Waals surface area contributed by atoms with Crippen LogP contribution in [0.25, 0.3) is 0 Å². The lowest BCUT2D eigenvalue weighted by molar-refractivity contribution is -0.119. The highest BCUT2D eigenvalue weighted by Crippen LogP contribution is 2.35. The van der Waals surface area contributed by atoms with Gasteiger partial charge in [-0.05, 0) is 67.8 Å². The van der Waals surface area contributed by atoms with Gasteiger partial charge in [0.25, 0.3) is 5.91 Å². The van der Waals surface area contributed by atoms with E-state index in [2.05, 4.69) is 10.6 Å². The number of hydrogen-bond acceptors (Lipinski definition) is 6. The third kappa shape index (κ3) is 5.85. The molecule has 1 unspecified atom stereocenters. The number of hydrogen-bond donors (Lipinski definition) is 5. The Balaban J connectivity index is 3.44. The van der Waals surface area contributed by atoms with Crippen LogP contribution in [0, 0.1) is 10.7 Å². The molecule has 144 valence electrons. The quantitative estimate of drug-likeness (QED) is 0.253. The van der Waals surface area contributed by atoms with Gasteiger partial charge in [-0.3, -0.25) is 9.59 Å². The summed E-state index contributed by atoms with van der Waals surface area (Å²) in [6.07, 6.45) is -1.14. The molecule has 0 spiro atoms. The zero-order valence-corrected chi connectivity index (χ0v) is 19.8. The minimum Gasteiger partial charge on any atom is -0.478 e. The molecule has 1 aromatic carbocycles. The molecule has 5 N–H and O–H groups in total. The largest absolute Gasteiger partial charge is 0.478 e. The number of benzene rings is 1. The summed E-state index contributed by atoms with van der Waals surface area (Å²) < 4.78 is 5.57. The Morgan fingerprint density at radius 3 is 2.19 bits per heavy atom. The van der Waals surface area contributed by atoms with Crippen molar-refractivity contribution in [3.05, 3.63) is 21.8 Å². The maximum Gasteiger partial charge on any atom is 0.337 e. The Hall–Kier alpha value is -0.300. The van der Waals surface area contributed by atoms with Gasteiger partial charge in [0, 0.05) is 17.2 Å². The van der Waals surface area contributed by atoms with Crippen LogP contribution in [-0.4, -0.2) is 66.1 Å². The Morgan fingerprint density at radius 1 is 1.12 bits per heavy atom. The van der Waals surface area contributed by atoms with Gasteiger partial charge in [-0.2, -0.15) is 0 Å². The molecule has 9 nitrogen and oxygen atoms in total. The van der Waals surface area contributed by atoms with Crippen LogP contribution in [0.5, 0.6) is 0 Å². The van der Waals surface area contributed by atoms with Crippen molar-refractivity contribution in [3.63, 3.8) is 0 Å². The first-order valence-electron chi connectivity index (χ1n) is 6.95. The molecule has 12 heteroatoms. The predicted molar refractivity (Wildman–Crippen MR) is 117 cm³/mol. The van der Waals surface area contributed by atoms with E-state index < -0.39 is 30.5 Å². The summed E-state index contributed by atoms with van der Waals surface area (Å²) in [5.74, 6) is -2.38. The SMILES string of the molecule is COCC(=O)Nc1c(I)c(C(=O)O)c(I)c(C(=O)NCC(O)CO)c1I. The van der Waals surface area contributed by atoms with E-state index in [0.29, 0.717) is 3.57 Å². The van der Waals surface area contributed by atoms with Crippen LogP contribution in [0.2, 0.25) is 0 Å². The molecule has 0 aliphatic carbocycles. The van der Waals surface area contributed by atoms with Gasteiger partial charge >= 0.3 is 5.97 Å². The minimum absolute atomic E-state index is 0.0573. The number of methoxy groups -OCH3 is 1. The van der Waals surface area contributed by atoms with Crippen molar-refractivity contribution in [2.24, 2.45) is 0 Å². The number of nitrogens with one attached hydrogen (secondary N) is 2. The average molecular weight is 704 g/mol. The number of aliphatic hydroxyl groups excluding tert-OH is 2. The maximum atomic E-state index is 12.5. The number of carbonyl (C=O) groups excluding carboxylic acids is 2. The van der Waals surface area contributed by atoms with Crippen molar-refractivity contribution < 1.29 is 34.4 Å². The number of carboxylic acid groups (broad SMARTS) is 1. The third-order valence-corrected chi connectivity index (χ3v) is 6.24. The van der Waals surface area contributed by atoms with Crippen molar-refractivity contribution >= 4 is 91.2 Å². The molecule has 1 aromatic rings. The van der Waals surface area contributed by atoms with Crippen LogP contribution in [0.1, 0.15) is 20.7 Å². The molecule has 0 bridgehead atoms. The van der Waals surface area contributed by atoms with Gasteiger partial charge in [-0.25, -0.2) is 4.79 Å². The number of rotatable bonds is 8. The zero-order chi connectivity index (χ0) is 20.0. The first kappa shape index (κ1) is 23.7. The van der Waals surface area contributed by atoms with E-state index in [1.165, 1.54) is 7.11 Å². The summed E-state index contributed by atoms with van der Waals surface area (Å²) in [5.41, 5.74) is 0.132. The number of ether oxygens (including phenoxy) is 1. The van der Waals surface area contributed by atoms with Gasteiger partial charge in [0.15, 0.2) is 0 Å². The Kier molecular flexibility index (Phi) is 9.94. The molecule has 0 heterocycles. The van der Waals surface area contributed by atoms with Gasteiger partial charge in [0.2, 0.25) is 5.91 Å². The molecule has 0 saturated heterocycles. The van der Waals surface area contributed by atoms with E-state index in [9.17, 15) is 24.6 Å². The molecule has 0 radical (unpaired) electrons. The summed E-state index contributed by atoms with van der Waals surface area (Å²) in [5, 5.41) is 32.7. The normalized spacial score (nSPS) is 11.8. The highest BCUT2D eigenvalue weighted by molar-refractivity contribution is 14.1. The second-order valence-corrected chi connectivity index (χ2v) is 8.14. The van der Waals surface area contributed by atoms with E-state index in [4.69, 9.17) is 9.84 Å². The lowest BCUT2D eigenvalue weighted by Gasteiger charge is -2.18. The molecule has 2 amide bonds.